The van der Waals surface area contributed by atoms with Crippen LogP contribution in [-0.4, -0.2) is 42.0 Å². The lowest BCUT2D eigenvalue weighted by atomic mass is 10.1. The summed E-state index contributed by atoms with van der Waals surface area (Å²) in [5.74, 6) is -0.710. The van der Waals surface area contributed by atoms with Crippen molar-refractivity contribution in [3.63, 3.8) is 0 Å². The number of carbonyl (C=O) groups is 4. The Labute approximate surface area is 134 Å². The highest BCUT2D eigenvalue weighted by molar-refractivity contribution is 6.21. The van der Waals surface area contributed by atoms with E-state index >= 15 is 0 Å². The molecule has 1 aromatic carbocycles. The lowest BCUT2D eigenvalue weighted by Crippen LogP contribution is -2.31. The molecule has 3 amide bonds. The molecule has 6 heteroatoms. The number of unbranched alkanes of at least 4 members (excludes halogenated alkanes) is 1. The highest BCUT2D eigenvalue weighted by Crippen LogP contribution is 2.22. The van der Waals surface area contributed by atoms with Crippen LogP contribution in [0, 0.1) is 0 Å². The van der Waals surface area contributed by atoms with Gasteiger partial charge in [-0.1, -0.05) is 12.1 Å². The molecule has 0 bridgehead atoms. The van der Waals surface area contributed by atoms with Gasteiger partial charge in [-0.3, -0.25) is 24.1 Å². The van der Waals surface area contributed by atoms with Crippen molar-refractivity contribution in [2.75, 3.05) is 13.6 Å². The first-order valence-electron chi connectivity index (χ1n) is 7.72. The van der Waals surface area contributed by atoms with Crippen LogP contribution < -0.4 is 5.32 Å². The number of nitrogens with zero attached hydrogens (tertiary/aromatic N) is 1. The lowest BCUT2D eigenvalue weighted by Gasteiger charge is -2.12. The van der Waals surface area contributed by atoms with Crippen LogP contribution in [0.5, 0.6) is 0 Å². The third-order valence-electron chi connectivity index (χ3n) is 3.88. The van der Waals surface area contributed by atoms with E-state index in [2.05, 4.69) is 5.32 Å². The standard InChI is InChI=1S/C17H20N2O4/c1-18-15(21)9-5-2-6-12(20)10-11-19-16(22)13-7-3-4-8-14(13)17(19)23/h3-4,7-8H,2,5-6,9-11H2,1H3,(H,18,21). The van der Waals surface area contributed by atoms with Gasteiger partial charge in [-0.05, 0) is 25.0 Å². The Hall–Kier alpha value is -2.50. The number of amides is 3. The first-order chi connectivity index (χ1) is 11.0. The summed E-state index contributed by atoms with van der Waals surface area (Å²) in [4.78, 5) is 48.3. The third kappa shape index (κ3) is 4.03. The van der Waals surface area contributed by atoms with E-state index in [9.17, 15) is 19.2 Å². The topological polar surface area (TPSA) is 83.6 Å². The van der Waals surface area contributed by atoms with Gasteiger partial charge in [0.25, 0.3) is 11.8 Å². The van der Waals surface area contributed by atoms with Gasteiger partial charge in [0.1, 0.15) is 5.78 Å². The monoisotopic (exact) mass is 316 g/mol. The quantitative estimate of drug-likeness (QED) is 0.582. The SMILES string of the molecule is CNC(=O)CCCCC(=O)CCN1C(=O)c2ccccc2C1=O. The third-order valence-corrected chi connectivity index (χ3v) is 3.88. The normalized spacial score (nSPS) is 13.2. The summed E-state index contributed by atoms with van der Waals surface area (Å²) in [6, 6.07) is 6.67. The number of nitrogens with one attached hydrogen (secondary N) is 1. The van der Waals surface area contributed by atoms with Crippen LogP contribution in [0.25, 0.3) is 0 Å². The molecule has 0 fully saturated rings. The minimum Gasteiger partial charge on any atom is -0.359 e. The van der Waals surface area contributed by atoms with Crippen molar-refractivity contribution in [2.24, 2.45) is 0 Å². The highest BCUT2D eigenvalue weighted by atomic mass is 16.2. The summed E-state index contributed by atoms with van der Waals surface area (Å²) < 4.78 is 0. The Kier molecular flexibility index (Phi) is 5.62. The zero-order valence-electron chi connectivity index (χ0n) is 13.1. The van der Waals surface area contributed by atoms with Crippen LogP contribution in [0.1, 0.15) is 52.8 Å². The number of ketones is 1. The molecule has 23 heavy (non-hydrogen) atoms. The van der Waals surface area contributed by atoms with E-state index in [1.54, 1.807) is 31.3 Å². The van der Waals surface area contributed by atoms with Crippen LogP contribution in [0.3, 0.4) is 0 Å². The average molecular weight is 316 g/mol. The maximum absolute atomic E-state index is 12.1. The largest absolute Gasteiger partial charge is 0.359 e. The summed E-state index contributed by atoms with van der Waals surface area (Å²) in [5.41, 5.74) is 0.797. The molecule has 1 aromatic rings. The van der Waals surface area contributed by atoms with Crippen molar-refractivity contribution in [3.05, 3.63) is 35.4 Å². The molecule has 0 radical (unpaired) electrons. The number of hydrogen-bond acceptors (Lipinski definition) is 4. The molecule has 2 rings (SSSR count). The zero-order chi connectivity index (χ0) is 16.8. The highest BCUT2D eigenvalue weighted by Gasteiger charge is 2.34. The number of Topliss-reactive ketones (excluding diaryl/α,β-unsaturated/α-hetero) is 1. The number of fused-ring (bicyclic) bond motifs is 1. The summed E-state index contributed by atoms with van der Waals surface area (Å²) in [6.45, 7) is 0.112. The van der Waals surface area contributed by atoms with Crippen LogP contribution in [0.15, 0.2) is 24.3 Å². The molecule has 1 aliphatic heterocycles. The Morgan fingerprint density at radius 1 is 0.957 bits per heavy atom. The number of imide groups is 1. The fourth-order valence-corrected chi connectivity index (χ4v) is 2.54. The minimum atomic E-state index is -0.335. The van der Waals surface area contributed by atoms with E-state index in [4.69, 9.17) is 0 Å². The molecule has 1 aliphatic rings. The van der Waals surface area contributed by atoms with Crippen molar-refractivity contribution in [1.29, 1.82) is 0 Å². The average Bonchev–Trinajstić information content (AvgIpc) is 2.81. The summed E-state index contributed by atoms with van der Waals surface area (Å²) >= 11 is 0. The van der Waals surface area contributed by atoms with E-state index in [0.29, 0.717) is 36.8 Å². The van der Waals surface area contributed by atoms with Gasteiger partial charge < -0.3 is 5.32 Å². The Morgan fingerprint density at radius 2 is 1.52 bits per heavy atom. The zero-order valence-corrected chi connectivity index (χ0v) is 13.1. The van der Waals surface area contributed by atoms with E-state index in [1.165, 1.54) is 0 Å². The summed E-state index contributed by atoms with van der Waals surface area (Å²) in [6.07, 6.45) is 2.21. The Bertz CT molecular complexity index is 604. The van der Waals surface area contributed by atoms with Crippen LogP contribution in [-0.2, 0) is 9.59 Å². The van der Waals surface area contributed by atoms with Crippen LogP contribution >= 0.6 is 0 Å². The smallest absolute Gasteiger partial charge is 0.261 e. The molecule has 0 unspecified atom stereocenters. The van der Waals surface area contributed by atoms with Gasteiger partial charge in [-0.25, -0.2) is 0 Å². The molecule has 0 spiro atoms. The van der Waals surface area contributed by atoms with Gasteiger partial charge in [0.15, 0.2) is 0 Å². The second-order valence-corrected chi connectivity index (χ2v) is 5.48. The van der Waals surface area contributed by atoms with E-state index in [1.807, 2.05) is 0 Å². The fourth-order valence-electron chi connectivity index (χ4n) is 2.54. The molecule has 122 valence electrons. The molecule has 1 heterocycles. The lowest BCUT2D eigenvalue weighted by molar-refractivity contribution is -0.121. The second-order valence-electron chi connectivity index (χ2n) is 5.48. The Balaban J connectivity index is 1.76. The molecule has 1 N–H and O–H groups in total. The van der Waals surface area contributed by atoms with Crippen molar-refractivity contribution in [3.8, 4) is 0 Å². The number of hydrogen-bond donors (Lipinski definition) is 1. The van der Waals surface area contributed by atoms with Gasteiger partial charge in [0.2, 0.25) is 5.91 Å². The van der Waals surface area contributed by atoms with Crippen molar-refractivity contribution in [2.45, 2.75) is 32.1 Å². The fraction of sp³-hybridized carbons (Fsp3) is 0.412. The molecular formula is C17H20N2O4. The number of carbonyl (C=O) groups excluding carboxylic acids is 4. The van der Waals surface area contributed by atoms with Gasteiger partial charge >= 0.3 is 0 Å². The molecule has 0 saturated heterocycles. The minimum absolute atomic E-state index is 0.00142. The van der Waals surface area contributed by atoms with E-state index in [0.717, 1.165) is 4.90 Å². The van der Waals surface area contributed by atoms with E-state index < -0.39 is 0 Å². The van der Waals surface area contributed by atoms with Crippen molar-refractivity contribution < 1.29 is 19.2 Å². The Morgan fingerprint density at radius 3 is 2.09 bits per heavy atom. The van der Waals surface area contributed by atoms with Gasteiger partial charge in [-0.2, -0.15) is 0 Å². The van der Waals surface area contributed by atoms with Crippen molar-refractivity contribution in [1.82, 2.24) is 10.2 Å². The molecular weight excluding hydrogens is 296 g/mol. The second kappa shape index (κ2) is 7.67. The molecule has 0 atom stereocenters. The van der Waals surface area contributed by atoms with E-state index in [-0.39, 0.29) is 36.5 Å². The van der Waals surface area contributed by atoms with Crippen molar-refractivity contribution >= 4 is 23.5 Å². The van der Waals surface area contributed by atoms with Crippen LogP contribution in [0.4, 0.5) is 0 Å². The first-order valence-corrected chi connectivity index (χ1v) is 7.72. The summed E-state index contributed by atoms with van der Waals surface area (Å²) in [5, 5.41) is 2.53. The maximum Gasteiger partial charge on any atom is 0.261 e. The first kappa shape index (κ1) is 16.9. The van der Waals surface area contributed by atoms with Crippen LogP contribution in [0.2, 0.25) is 0 Å². The number of rotatable bonds is 8. The van der Waals surface area contributed by atoms with Gasteiger partial charge in [0.05, 0.1) is 11.1 Å². The predicted octanol–water partition coefficient (Wildman–Crippen LogP) is 1.55. The number of benzene rings is 1. The summed E-state index contributed by atoms with van der Waals surface area (Å²) in [7, 11) is 1.58. The molecule has 0 saturated carbocycles. The molecule has 0 aliphatic carbocycles. The van der Waals surface area contributed by atoms with Gasteiger partial charge in [-0.15, -0.1) is 0 Å². The van der Waals surface area contributed by atoms with Gasteiger partial charge in [0, 0.05) is 32.9 Å². The maximum atomic E-state index is 12.1. The predicted molar refractivity (Wildman–Crippen MR) is 84.0 cm³/mol. The molecule has 6 nitrogen and oxygen atoms in total. The molecule has 0 aromatic heterocycles.